The number of ether oxygens (including phenoxy) is 1. The van der Waals surface area contributed by atoms with Crippen LogP contribution in [-0.4, -0.2) is 18.2 Å². The first kappa shape index (κ1) is 20.9. The molecule has 0 spiro atoms. The molecular weight excluding hydrogens is 348 g/mol. The quantitative estimate of drug-likeness (QED) is 0.671. The van der Waals surface area contributed by atoms with Gasteiger partial charge in [-0.05, 0) is 61.1 Å². The second-order valence-corrected chi connectivity index (χ2v) is 9.45. The van der Waals surface area contributed by atoms with Crippen LogP contribution in [0.1, 0.15) is 84.1 Å². The highest BCUT2D eigenvalue weighted by molar-refractivity contribution is 5.89. The molecule has 0 aliphatic heterocycles. The van der Waals surface area contributed by atoms with Gasteiger partial charge in [0.25, 0.3) is 5.91 Å². The van der Waals surface area contributed by atoms with E-state index < -0.39 is 0 Å². The van der Waals surface area contributed by atoms with Crippen molar-refractivity contribution in [3.63, 3.8) is 0 Å². The third kappa shape index (κ3) is 5.83. The first-order valence-electron chi connectivity index (χ1n) is 11.0. The van der Waals surface area contributed by atoms with Crippen LogP contribution in [0.5, 0.6) is 5.75 Å². The van der Waals surface area contributed by atoms with Crippen molar-refractivity contribution in [2.75, 3.05) is 6.61 Å². The third-order valence-electron chi connectivity index (χ3n) is 6.26. The van der Waals surface area contributed by atoms with Gasteiger partial charge in [0.1, 0.15) is 5.75 Å². The van der Waals surface area contributed by atoms with Gasteiger partial charge in [-0.15, -0.1) is 0 Å². The van der Waals surface area contributed by atoms with E-state index in [0.29, 0.717) is 11.7 Å². The average molecular weight is 385 g/mol. The summed E-state index contributed by atoms with van der Waals surface area (Å²) in [5.74, 6) is 1.87. The molecule has 1 aromatic rings. The minimum absolute atomic E-state index is 0.000258. The Morgan fingerprint density at radius 1 is 1.04 bits per heavy atom. The van der Waals surface area contributed by atoms with Crippen molar-refractivity contribution < 1.29 is 9.53 Å². The lowest BCUT2D eigenvalue weighted by Gasteiger charge is -2.33. The largest absolute Gasteiger partial charge is 0.484 e. The first-order valence-corrected chi connectivity index (χ1v) is 11.0. The lowest BCUT2D eigenvalue weighted by atomic mass is 9.72. The summed E-state index contributed by atoms with van der Waals surface area (Å²) in [4.78, 5) is 12.2. The number of carbonyl (C=O) groups excluding carboxylic acids is 1. The molecule has 4 nitrogen and oxygen atoms in total. The number of hydrogen-bond donors (Lipinski definition) is 1. The fraction of sp³-hybridized carbons (Fsp3) is 0.667. The second-order valence-electron chi connectivity index (χ2n) is 9.45. The molecule has 28 heavy (non-hydrogen) atoms. The normalized spacial score (nSPS) is 22.8. The molecule has 1 N–H and O–H groups in total. The van der Waals surface area contributed by atoms with Crippen LogP contribution in [0.2, 0.25) is 0 Å². The van der Waals surface area contributed by atoms with E-state index in [9.17, 15) is 4.79 Å². The number of amides is 1. The molecule has 0 bridgehead atoms. The van der Waals surface area contributed by atoms with Crippen LogP contribution in [0.3, 0.4) is 0 Å². The zero-order valence-electron chi connectivity index (χ0n) is 17.8. The summed E-state index contributed by atoms with van der Waals surface area (Å²) in [5.41, 5.74) is 5.32. The molecular formula is C24H36N2O2. The maximum Gasteiger partial charge on any atom is 0.277 e. The Kier molecular flexibility index (Phi) is 7.14. The molecule has 2 aliphatic carbocycles. The first-order chi connectivity index (χ1) is 13.4. The van der Waals surface area contributed by atoms with E-state index >= 15 is 0 Å². The van der Waals surface area contributed by atoms with Crippen molar-refractivity contribution in [3.05, 3.63) is 29.8 Å². The van der Waals surface area contributed by atoms with Crippen LogP contribution >= 0.6 is 0 Å². The molecule has 1 atom stereocenters. The Labute approximate surface area is 170 Å². The predicted molar refractivity (Wildman–Crippen MR) is 115 cm³/mol. The van der Waals surface area contributed by atoms with Gasteiger partial charge < -0.3 is 4.74 Å². The Hall–Kier alpha value is -1.84. The van der Waals surface area contributed by atoms with E-state index in [1.54, 1.807) is 0 Å². The number of carbonyl (C=O) groups is 1. The van der Waals surface area contributed by atoms with Crippen molar-refractivity contribution in [2.45, 2.75) is 84.0 Å². The summed E-state index contributed by atoms with van der Waals surface area (Å²) in [7, 11) is 0. The molecule has 3 rings (SSSR count). The highest BCUT2D eigenvalue weighted by Gasteiger charge is 2.29. The summed E-state index contributed by atoms with van der Waals surface area (Å²) in [6.45, 7) is 6.55. The Bertz CT molecular complexity index is 667. The van der Waals surface area contributed by atoms with Crippen molar-refractivity contribution in [1.29, 1.82) is 0 Å². The number of nitrogens with one attached hydrogen (secondary N) is 1. The zero-order valence-corrected chi connectivity index (χ0v) is 17.8. The molecule has 0 aromatic heterocycles. The molecule has 0 heterocycles. The number of benzene rings is 1. The summed E-state index contributed by atoms with van der Waals surface area (Å²) >= 11 is 0. The molecule has 1 unspecified atom stereocenters. The third-order valence-corrected chi connectivity index (χ3v) is 6.26. The number of hydrogen-bond acceptors (Lipinski definition) is 3. The van der Waals surface area contributed by atoms with Gasteiger partial charge in [-0.2, -0.15) is 5.10 Å². The molecule has 154 valence electrons. The number of rotatable bonds is 5. The lowest BCUT2D eigenvalue weighted by molar-refractivity contribution is -0.123. The van der Waals surface area contributed by atoms with Crippen molar-refractivity contribution in [2.24, 2.45) is 16.9 Å². The fourth-order valence-corrected chi connectivity index (χ4v) is 4.57. The standard InChI is InChI=1S/C24H36N2O2/c1-24(2,3)19-13-15-20(16-14-19)28-17-23(27)26-25-22-12-8-7-11-21(22)18-9-5-4-6-10-18/h13-16,18,21H,4-12,17H2,1-3H3,(H,26,27)/b25-22+. The van der Waals surface area contributed by atoms with Gasteiger partial charge in [0.2, 0.25) is 0 Å². The van der Waals surface area contributed by atoms with E-state index in [-0.39, 0.29) is 17.9 Å². The summed E-state index contributed by atoms with van der Waals surface area (Å²) < 4.78 is 5.64. The fourth-order valence-electron chi connectivity index (χ4n) is 4.57. The zero-order chi connectivity index (χ0) is 20.0. The maximum atomic E-state index is 12.2. The molecule has 1 amide bonds. The smallest absolute Gasteiger partial charge is 0.277 e. The number of hydrazone groups is 1. The SMILES string of the molecule is CC(C)(C)c1ccc(OCC(=O)N/N=C2\CCCCC2C2CCCCC2)cc1. The molecule has 2 aliphatic rings. The predicted octanol–water partition coefficient (Wildman–Crippen LogP) is 5.61. The topological polar surface area (TPSA) is 50.7 Å². The molecule has 2 saturated carbocycles. The van der Waals surface area contributed by atoms with Crippen molar-refractivity contribution >= 4 is 11.6 Å². The molecule has 0 radical (unpaired) electrons. The maximum absolute atomic E-state index is 12.2. The van der Waals surface area contributed by atoms with E-state index in [1.165, 1.54) is 62.6 Å². The highest BCUT2D eigenvalue weighted by Crippen LogP contribution is 2.36. The van der Waals surface area contributed by atoms with Gasteiger partial charge in [0.15, 0.2) is 6.61 Å². The lowest BCUT2D eigenvalue weighted by Crippen LogP contribution is -2.32. The van der Waals surface area contributed by atoms with Gasteiger partial charge in [0.05, 0.1) is 0 Å². The van der Waals surface area contributed by atoms with Crippen LogP contribution in [0.15, 0.2) is 29.4 Å². The van der Waals surface area contributed by atoms with Gasteiger partial charge in [-0.1, -0.05) is 58.6 Å². The van der Waals surface area contributed by atoms with Crippen LogP contribution < -0.4 is 10.2 Å². The Balaban J connectivity index is 1.50. The Morgan fingerprint density at radius 2 is 1.71 bits per heavy atom. The monoisotopic (exact) mass is 384 g/mol. The summed E-state index contributed by atoms with van der Waals surface area (Å²) in [5, 5.41) is 4.54. The average Bonchev–Trinajstić information content (AvgIpc) is 2.71. The highest BCUT2D eigenvalue weighted by atomic mass is 16.5. The van der Waals surface area contributed by atoms with E-state index in [0.717, 1.165) is 12.3 Å². The van der Waals surface area contributed by atoms with Gasteiger partial charge >= 0.3 is 0 Å². The minimum Gasteiger partial charge on any atom is -0.484 e. The van der Waals surface area contributed by atoms with Crippen LogP contribution in [0.25, 0.3) is 0 Å². The molecule has 4 heteroatoms. The second kappa shape index (κ2) is 9.58. The van der Waals surface area contributed by atoms with E-state index in [2.05, 4.69) is 43.4 Å². The molecule has 1 aromatic carbocycles. The van der Waals surface area contributed by atoms with Crippen molar-refractivity contribution in [1.82, 2.24) is 5.43 Å². The van der Waals surface area contributed by atoms with Gasteiger partial charge in [-0.25, -0.2) is 5.43 Å². The van der Waals surface area contributed by atoms with E-state index in [1.807, 2.05) is 12.1 Å². The molecule has 2 fully saturated rings. The number of nitrogens with zero attached hydrogens (tertiary/aromatic N) is 1. The van der Waals surface area contributed by atoms with Gasteiger partial charge in [-0.3, -0.25) is 4.79 Å². The van der Waals surface area contributed by atoms with E-state index in [4.69, 9.17) is 4.74 Å². The van der Waals surface area contributed by atoms with Crippen LogP contribution in [0.4, 0.5) is 0 Å². The van der Waals surface area contributed by atoms with Gasteiger partial charge in [0, 0.05) is 11.6 Å². The summed E-state index contributed by atoms with van der Waals surface area (Å²) in [6.07, 6.45) is 11.5. The molecule has 0 saturated heterocycles. The summed E-state index contributed by atoms with van der Waals surface area (Å²) in [6, 6.07) is 7.98. The minimum atomic E-state index is -0.180. The van der Waals surface area contributed by atoms with Crippen LogP contribution in [0, 0.1) is 11.8 Å². The Morgan fingerprint density at radius 3 is 2.39 bits per heavy atom. The van der Waals surface area contributed by atoms with Crippen LogP contribution in [-0.2, 0) is 10.2 Å². The van der Waals surface area contributed by atoms with Crippen molar-refractivity contribution in [3.8, 4) is 5.75 Å².